The molecule has 1 rings (SSSR count). The molecule has 1 aliphatic rings. The maximum absolute atomic E-state index is 5.81. The van der Waals surface area contributed by atoms with Crippen LogP contribution in [0.1, 0.15) is 39.5 Å². The van der Waals surface area contributed by atoms with Gasteiger partial charge in [0.05, 0.1) is 12.9 Å². The van der Waals surface area contributed by atoms with Crippen molar-refractivity contribution in [3.63, 3.8) is 0 Å². The maximum atomic E-state index is 5.81. The van der Waals surface area contributed by atoms with E-state index in [0.717, 1.165) is 13.0 Å². The Kier molecular flexibility index (Phi) is 7.29. The largest absolute Gasteiger partial charge is 0.494 e. The summed E-state index contributed by atoms with van der Waals surface area (Å²) in [5.41, 5.74) is 1.28. The zero-order valence-electron chi connectivity index (χ0n) is 11.6. The summed E-state index contributed by atoms with van der Waals surface area (Å²) in [6.45, 7) is 8.32. The van der Waals surface area contributed by atoms with Crippen molar-refractivity contribution in [1.82, 2.24) is 4.90 Å². The third kappa shape index (κ3) is 6.08. The van der Waals surface area contributed by atoms with Crippen LogP contribution in [0.3, 0.4) is 0 Å². The predicted octanol–water partition coefficient (Wildman–Crippen LogP) is 2.82. The fourth-order valence-electron chi connectivity index (χ4n) is 2.05. The summed E-state index contributed by atoms with van der Waals surface area (Å²) in [5, 5.41) is 0. The number of hydrogen-bond acceptors (Lipinski definition) is 3. The Hall–Kier alpha value is -0.540. The molecule has 1 heterocycles. The highest BCUT2D eigenvalue weighted by atomic mass is 16.5. The Morgan fingerprint density at radius 1 is 1.29 bits per heavy atom. The van der Waals surface area contributed by atoms with Gasteiger partial charge in [0.1, 0.15) is 6.10 Å². The fourth-order valence-corrected chi connectivity index (χ4v) is 2.05. The fraction of sp³-hybridized carbons (Fsp3) is 0.857. The summed E-state index contributed by atoms with van der Waals surface area (Å²) in [6, 6.07) is 0. The van der Waals surface area contributed by atoms with Gasteiger partial charge >= 0.3 is 0 Å². The molecule has 0 aliphatic carbocycles. The zero-order chi connectivity index (χ0) is 12.5. The van der Waals surface area contributed by atoms with Gasteiger partial charge in [-0.1, -0.05) is 13.3 Å². The maximum Gasteiger partial charge on any atom is 0.134 e. The Morgan fingerprint density at radius 3 is 2.59 bits per heavy atom. The van der Waals surface area contributed by atoms with E-state index in [0.29, 0.717) is 6.61 Å². The van der Waals surface area contributed by atoms with Crippen LogP contribution in [0.2, 0.25) is 0 Å². The molecule has 0 spiro atoms. The monoisotopic (exact) mass is 241 g/mol. The standard InChI is InChI=1S/C14H27NO2/c1-4-13(2)11-17-14(12-16-3)10-15-8-6-5-7-9-15/h11,14H,4-10,12H2,1-3H3/b13-11+. The molecule has 3 nitrogen and oxygen atoms in total. The van der Waals surface area contributed by atoms with Crippen molar-refractivity contribution in [3.8, 4) is 0 Å². The van der Waals surface area contributed by atoms with Gasteiger partial charge in [0.25, 0.3) is 0 Å². The van der Waals surface area contributed by atoms with Gasteiger partial charge in [-0.3, -0.25) is 4.90 Å². The second-order valence-electron chi connectivity index (χ2n) is 4.89. The molecule has 3 heteroatoms. The van der Waals surface area contributed by atoms with Crippen molar-refractivity contribution >= 4 is 0 Å². The number of rotatable bonds is 7. The quantitative estimate of drug-likeness (QED) is 0.640. The van der Waals surface area contributed by atoms with E-state index < -0.39 is 0 Å². The lowest BCUT2D eigenvalue weighted by Gasteiger charge is -2.29. The molecule has 0 amide bonds. The Bertz CT molecular complexity index is 222. The van der Waals surface area contributed by atoms with Crippen LogP contribution in [-0.4, -0.2) is 44.4 Å². The second kappa shape index (κ2) is 8.54. The van der Waals surface area contributed by atoms with Crippen molar-refractivity contribution in [2.75, 3.05) is 33.4 Å². The summed E-state index contributed by atoms with van der Waals surface area (Å²) in [5.74, 6) is 0. The number of piperidine rings is 1. The van der Waals surface area contributed by atoms with Crippen LogP contribution in [0, 0.1) is 0 Å². The average Bonchev–Trinajstić information content (AvgIpc) is 2.37. The third-order valence-corrected chi connectivity index (χ3v) is 3.28. The van der Waals surface area contributed by atoms with E-state index in [-0.39, 0.29) is 6.10 Å². The topological polar surface area (TPSA) is 21.7 Å². The Balaban J connectivity index is 2.35. The van der Waals surface area contributed by atoms with E-state index in [1.807, 2.05) is 6.26 Å². The van der Waals surface area contributed by atoms with E-state index in [1.165, 1.54) is 37.9 Å². The minimum absolute atomic E-state index is 0.166. The lowest BCUT2D eigenvalue weighted by Crippen LogP contribution is -2.38. The first-order chi connectivity index (χ1) is 8.26. The summed E-state index contributed by atoms with van der Waals surface area (Å²) < 4.78 is 11.0. The minimum atomic E-state index is 0.166. The van der Waals surface area contributed by atoms with E-state index in [2.05, 4.69) is 18.7 Å². The molecule has 0 aromatic rings. The normalized spacial score (nSPS) is 20.3. The zero-order valence-corrected chi connectivity index (χ0v) is 11.6. The molecule has 1 saturated heterocycles. The summed E-state index contributed by atoms with van der Waals surface area (Å²) in [4.78, 5) is 2.49. The number of ether oxygens (including phenoxy) is 2. The van der Waals surface area contributed by atoms with Gasteiger partial charge in [-0.2, -0.15) is 0 Å². The number of allylic oxidation sites excluding steroid dienone is 1. The molecule has 1 unspecified atom stereocenters. The van der Waals surface area contributed by atoms with E-state index in [9.17, 15) is 0 Å². The SMILES string of the molecule is CC/C(C)=C/OC(COC)CN1CCCCC1. The molecule has 1 atom stereocenters. The molecule has 0 N–H and O–H groups in total. The lowest BCUT2D eigenvalue weighted by molar-refractivity contribution is 0.0219. The molecule has 0 aromatic heterocycles. The molecule has 0 saturated carbocycles. The van der Waals surface area contributed by atoms with E-state index in [4.69, 9.17) is 9.47 Å². The predicted molar refractivity (Wildman–Crippen MR) is 71.1 cm³/mol. The van der Waals surface area contributed by atoms with Crippen molar-refractivity contribution in [1.29, 1.82) is 0 Å². The molecule has 0 aromatic carbocycles. The van der Waals surface area contributed by atoms with Crippen LogP contribution >= 0.6 is 0 Å². The van der Waals surface area contributed by atoms with E-state index >= 15 is 0 Å². The van der Waals surface area contributed by atoms with Gasteiger partial charge in [-0.25, -0.2) is 0 Å². The van der Waals surface area contributed by atoms with Gasteiger partial charge in [-0.05, 0) is 44.8 Å². The smallest absolute Gasteiger partial charge is 0.134 e. The molecule has 1 fully saturated rings. The van der Waals surface area contributed by atoms with Gasteiger partial charge < -0.3 is 9.47 Å². The van der Waals surface area contributed by atoms with Crippen molar-refractivity contribution in [3.05, 3.63) is 11.8 Å². The first-order valence-corrected chi connectivity index (χ1v) is 6.78. The third-order valence-electron chi connectivity index (χ3n) is 3.28. The van der Waals surface area contributed by atoms with Crippen LogP contribution in [0.25, 0.3) is 0 Å². The van der Waals surface area contributed by atoms with Crippen LogP contribution in [0.4, 0.5) is 0 Å². The molecule has 100 valence electrons. The van der Waals surface area contributed by atoms with Crippen LogP contribution < -0.4 is 0 Å². The Morgan fingerprint density at radius 2 is 2.00 bits per heavy atom. The van der Waals surface area contributed by atoms with Gasteiger partial charge in [-0.15, -0.1) is 0 Å². The number of methoxy groups -OCH3 is 1. The van der Waals surface area contributed by atoms with Gasteiger partial charge in [0.15, 0.2) is 0 Å². The van der Waals surface area contributed by atoms with Crippen molar-refractivity contribution in [2.45, 2.75) is 45.6 Å². The van der Waals surface area contributed by atoms with Crippen molar-refractivity contribution < 1.29 is 9.47 Å². The minimum Gasteiger partial charge on any atom is -0.494 e. The summed E-state index contributed by atoms with van der Waals surface area (Å²) in [6.07, 6.45) is 7.13. The van der Waals surface area contributed by atoms with Crippen LogP contribution in [0.5, 0.6) is 0 Å². The summed E-state index contributed by atoms with van der Waals surface area (Å²) >= 11 is 0. The highest BCUT2D eigenvalue weighted by Crippen LogP contribution is 2.11. The molecular weight excluding hydrogens is 214 g/mol. The Labute approximate surface area is 106 Å². The molecule has 1 aliphatic heterocycles. The van der Waals surface area contributed by atoms with Crippen molar-refractivity contribution in [2.24, 2.45) is 0 Å². The van der Waals surface area contributed by atoms with Crippen LogP contribution in [0.15, 0.2) is 11.8 Å². The second-order valence-corrected chi connectivity index (χ2v) is 4.89. The lowest BCUT2D eigenvalue weighted by atomic mass is 10.1. The first-order valence-electron chi connectivity index (χ1n) is 6.78. The number of hydrogen-bond donors (Lipinski definition) is 0. The first kappa shape index (κ1) is 14.5. The number of nitrogens with zero attached hydrogens (tertiary/aromatic N) is 1. The van der Waals surface area contributed by atoms with Crippen LogP contribution in [-0.2, 0) is 9.47 Å². The highest BCUT2D eigenvalue weighted by molar-refractivity contribution is 4.91. The number of likely N-dealkylation sites (tertiary alicyclic amines) is 1. The highest BCUT2D eigenvalue weighted by Gasteiger charge is 2.16. The summed E-state index contributed by atoms with van der Waals surface area (Å²) in [7, 11) is 1.74. The molecule has 0 radical (unpaired) electrons. The molecule has 17 heavy (non-hydrogen) atoms. The van der Waals surface area contributed by atoms with E-state index in [1.54, 1.807) is 7.11 Å². The molecule has 0 bridgehead atoms. The average molecular weight is 241 g/mol. The van der Waals surface area contributed by atoms with Gasteiger partial charge in [0.2, 0.25) is 0 Å². The molecular formula is C14H27NO2. The van der Waals surface area contributed by atoms with Gasteiger partial charge in [0, 0.05) is 13.7 Å².